The maximum Gasteiger partial charge on any atom is 0.101 e. The average Bonchev–Trinajstić information content (AvgIpc) is 3.89. The third kappa shape index (κ3) is 4.45. The van der Waals surface area contributed by atoms with Gasteiger partial charge in [0.2, 0.25) is 0 Å². The summed E-state index contributed by atoms with van der Waals surface area (Å²) in [5.41, 5.74) is 12.6. The molecule has 0 fully saturated rings. The van der Waals surface area contributed by atoms with Gasteiger partial charge >= 0.3 is 0 Å². The molecule has 0 atom stereocenters. The van der Waals surface area contributed by atoms with Crippen LogP contribution in [0.5, 0.6) is 0 Å². The fourth-order valence-corrected chi connectivity index (χ4v) is 8.76. The number of benzene rings is 8. The molecule has 0 N–H and O–H groups in total. The molecule has 0 saturated carbocycles. The van der Waals surface area contributed by atoms with Gasteiger partial charge in [-0.2, -0.15) is 10.5 Å². The second-order valence-corrected chi connectivity index (χ2v) is 14.0. The lowest BCUT2D eigenvalue weighted by atomic mass is 10.00. The van der Waals surface area contributed by atoms with Crippen LogP contribution in [0.1, 0.15) is 11.1 Å². The lowest BCUT2D eigenvalue weighted by Gasteiger charge is -2.16. The summed E-state index contributed by atoms with van der Waals surface area (Å²) in [6, 6.07) is 66.0. The Labute approximate surface area is 316 Å². The first-order valence-corrected chi connectivity index (χ1v) is 18.3. The Balaban J connectivity index is 1.09. The zero-order valence-corrected chi connectivity index (χ0v) is 29.5. The van der Waals surface area contributed by atoms with Gasteiger partial charge in [-0.3, -0.25) is 0 Å². The van der Waals surface area contributed by atoms with E-state index >= 15 is 0 Å². The lowest BCUT2D eigenvalue weighted by Crippen LogP contribution is -2.00. The minimum Gasteiger partial charge on any atom is -0.309 e. The van der Waals surface area contributed by atoms with Gasteiger partial charge in [0, 0.05) is 49.3 Å². The molecular weight excluding hydrogens is 671 g/mol. The van der Waals surface area contributed by atoms with Crippen LogP contribution < -0.4 is 0 Å². The van der Waals surface area contributed by atoms with Crippen LogP contribution in [-0.4, -0.2) is 13.7 Å². The largest absolute Gasteiger partial charge is 0.309 e. The van der Waals surface area contributed by atoms with Crippen LogP contribution in [0, 0.1) is 22.7 Å². The Morgan fingerprint density at radius 1 is 0.364 bits per heavy atom. The van der Waals surface area contributed by atoms with Crippen molar-refractivity contribution >= 4 is 65.4 Å². The topological polar surface area (TPSA) is 62.4 Å². The van der Waals surface area contributed by atoms with E-state index in [-0.39, 0.29) is 0 Å². The Morgan fingerprint density at radius 3 is 1.49 bits per heavy atom. The second-order valence-electron chi connectivity index (χ2n) is 14.0. The summed E-state index contributed by atoms with van der Waals surface area (Å²) in [4.78, 5) is 0. The second kappa shape index (κ2) is 11.8. The first-order chi connectivity index (χ1) is 27.2. The van der Waals surface area contributed by atoms with E-state index in [2.05, 4.69) is 159 Å². The van der Waals surface area contributed by atoms with Gasteiger partial charge in [0.25, 0.3) is 0 Å². The normalized spacial score (nSPS) is 11.6. The molecule has 0 aliphatic rings. The van der Waals surface area contributed by atoms with Crippen LogP contribution >= 0.6 is 0 Å². The van der Waals surface area contributed by atoms with Gasteiger partial charge in [-0.1, -0.05) is 97.1 Å². The van der Waals surface area contributed by atoms with E-state index in [1.54, 1.807) is 0 Å². The predicted octanol–water partition coefficient (Wildman–Crippen LogP) is 12.4. The molecule has 0 unspecified atom stereocenters. The zero-order valence-electron chi connectivity index (χ0n) is 29.5. The molecule has 0 aliphatic heterocycles. The molecule has 55 heavy (non-hydrogen) atoms. The molecule has 8 aromatic carbocycles. The van der Waals surface area contributed by atoms with Crippen LogP contribution in [0.3, 0.4) is 0 Å². The first kappa shape index (κ1) is 30.7. The first-order valence-electron chi connectivity index (χ1n) is 18.3. The van der Waals surface area contributed by atoms with Gasteiger partial charge in [0.05, 0.1) is 56.0 Å². The van der Waals surface area contributed by atoms with E-state index in [1.807, 2.05) is 42.5 Å². The molecule has 3 aromatic heterocycles. The molecule has 0 saturated heterocycles. The number of aromatic nitrogens is 3. The Kier molecular flexibility index (Phi) is 6.61. The summed E-state index contributed by atoms with van der Waals surface area (Å²) in [7, 11) is 0. The lowest BCUT2D eigenvalue weighted by molar-refractivity contribution is 1.16. The van der Waals surface area contributed by atoms with Crippen LogP contribution in [-0.2, 0) is 0 Å². The van der Waals surface area contributed by atoms with Gasteiger partial charge < -0.3 is 13.7 Å². The number of rotatable bonds is 4. The fourth-order valence-electron chi connectivity index (χ4n) is 8.76. The molecule has 0 bridgehead atoms. The number of hydrogen-bond donors (Lipinski definition) is 0. The quantitative estimate of drug-likeness (QED) is 0.184. The molecule has 5 heteroatoms. The number of nitriles is 2. The zero-order chi connectivity index (χ0) is 36.6. The summed E-state index contributed by atoms with van der Waals surface area (Å²) in [6.07, 6.45) is 0. The van der Waals surface area contributed by atoms with Crippen molar-refractivity contribution in [1.82, 2.24) is 13.7 Å². The van der Waals surface area contributed by atoms with Gasteiger partial charge in [-0.05, 0) is 84.4 Å². The Hall–Kier alpha value is -7.86. The molecule has 0 aliphatic carbocycles. The van der Waals surface area contributed by atoms with E-state index in [9.17, 15) is 10.5 Å². The number of fused-ring (bicyclic) bond motifs is 9. The standard InChI is InChI=1S/C50H29N5/c51-30-32-20-26-48(55-47-19-8-3-13-39(47)41-15-9-10-34(31-52)50(41)55)42(28-32)33-21-23-35(24-22-33)53-46-18-7-4-14-40(46)43-29-36(25-27-49(43)53)54-44-16-5-1-11-37(44)38-12-2-6-17-45(38)54/h1-29H. The smallest absolute Gasteiger partial charge is 0.101 e. The highest BCUT2D eigenvalue weighted by atomic mass is 15.0. The van der Waals surface area contributed by atoms with Crippen molar-refractivity contribution in [3.63, 3.8) is 0 Å². The van der Waals surface area contributed by atoms with E-state index in [4.69, 9.17) is 0 Å². The molecule has 0 spiro atoms. The van der Waals surface area contributed by atoms with Crippen molar-refractivity contribution < 1.29 is 0 Å². The molecule has 5 nitrogen and oxygen atoms in total. The van der Waals surface area contributed by atoms with E-state index in [1.165, 1.54) is 32.6 Å². The molecule has 0 amide bonds. The number of nitrogens with zero attached hydrogens (tertiary/aromatic N) is 5. The highest BCUT2D eigenvalue weighted by molar-refractivity contribution is 6.13. The Bertz CT molecular complexity index is 3400. The third-order valence-electron chi connectivity index (χ3n) is 11.1. The molecule has 0 radical (unpaired) electrons. The van der Waals surface area contributed by atoms with Crippen molar-refractivity contribution in [1.29, 1.82) is 10.5 Å². The van der Waals surface area contributed by atoms with Gasteiger partial charge in [-0.15, -0.1) is 0 Å². The van der Waals surface area contributed by atoms with Crippen LogP contribution in [0.4, 0.5) is 0 Å². The summed E-state index contributed by atoms with van der Waals surface area (Å²) >= 11 is 0. The van der Waals surface area contributed by atoms with Crippen molar-refractivity contribution in [3.05, 3.63) is 187 Å². The Morgan fingerprint density at radius 2 is 0.873 bits per heavy atom. The highest BCUT2D eigenvalue weighted by Crippen LogP contribution is 2.40. The van der Waals surface area contributed by atoms with Crippen molar-refractivity contribution in [3.8, 4) is 40.3 Å². The maximum atomic E-state index is 10.2. The van der Waals surface area contributed by atoms with E-state index < -0.39 is 0 Å². The molecule has 3 heterocycles. The molecule has 11 aromatic rings. The van der Waals surface area contributed by atoms with Gasteiger partial charge in [0.15, 0.2) is 0 Å². The van der Waals surface area contributed by atoms with E-state index in [0.29, 0.717) is 11.1 Å². The van der Waals surface area contributed by atoms with Gasteiger partial charge in [-0.25, -0.2) is 0 Å². The van der Waals surface area contributed by atoms with Crippen LogP contribution in [0.25, 0.3) is 93.6 Å². The molecule has 254 valence electrons. The minimum absolute atomic E-state index is 0.575. The summed E-state index contributed by atoms with van der Waals surface area (Å²) in [5, 5.41) is 27.2. The highest BCUT2D eigenvalue weighted by Gasteiger charge is 2.20. The third-order valence-corrected chi connectivity index (χ3v) is 11.1. The van der Waals surface area contributed by atoms with Gasteiger partial charge in [0.1, 0.15) is 6.07 Å². The van der Waals surface area contributed by atoms with Crippen molar-refractivity contribution in [2.45, 2.75) is 0 Å². The van der Waals surface area contributed by atoms with Crippen LogP contribution in [0.15, 0.2) is 176 Å². The average molecular weight is 700 g/mol. The predicted molar refractivity (Wildman–Crippen MR) is 224 cm³/mol. The monoisotopic (exact) mass is 699 g/mol. The SMILES string of the molecule is N#Cc1ccc(-n2c3ccccc3c3cccc(C#N)c32)c(-c2ccc(-n3c4ccccc4c4cc(-n5c6ccccc6c6ccccc65)ccc43)cc2)c1. The van der Waals surface area contributed by atoms with Crippen LogP contribution in [0.2, 0.25) is 0 Å². The molecular formula is C50H29N5. The maximum absolute atomic E-state index is 10.2. The summed E-state index contributed by atoms with van der Waals surface area (Å²) in [6.45, 7) is 0. The molecule has 11 rings (SSSR count). The summed E-state index contributed by atoms with van der Waals surface area (Å²) in [5.74, 6) is 0. The fraction of sp³-hybridized carbons (Fsp3) is 0. The minimum atomic E-state index is 0.575. The van der Waals surface area contributed by atoms with E-state index in [0.717, 1.165) is 61.0 Å². The van der Waals surface area contributed by atoms with Crippen molar-refractivity contribution in [2.75, 3.05) is 0 Å². The number of hydrogen-bond acceptors (Lipinski definition) is 2. The summed E-state index contributed by atoms with van der Waals surface area (Å²) < 4.78 is 6.88. The number of para-hydroxylation sites is 5. The van der Waals surface area contributed by atoms with Crippen molar-refractivity contribution in [2.24, 2.45) is 0 Å².